The van der Waals surface area contributed by atoms with Crippen LogP contribution in [0.15, 0.2) is 42.5 Å². The van der Waals surface area contributed by atoms with Crippen LogP contribution >= 0.6 is 11.3 Å². The van der Waals surface area contributed by atoms with E-state index in [1.165, 1.54) is 16.9 Å². The standard InChI is InChI=1S/C26H30N4O4S/c1-4-6-7-17-8-10-18(11-9-17)23(31)27-22(16(3)5-2)24(32)28-26-30-29-25(35-26)19-12-13-20-21(14-19)34-15-33-20/h8-14,16,22H,4-7,15H2,1-3H3,(H,27,31)(H,28,30,32)/t16-,22-/m0/s1. The van der Waals surface area contributed by atoms with Gasteiger partial charge in [0, 0.05) is 11.1 Å². The van der Waals surface area contributed by atoms with Crippen molar-refractivity contribution in [1.82, 2.24) is 15.5 Å². The van der Waals surface area contributed by atoms with Crippen LogP contribution in [0.25, 0.3) is 10.6 Å². The normalized spacial score (nSPS) is 13.8. The number of nitrogens with one attached hydrogen (secondary N) is 2. The number of ether oxygens (including phenoxy) is 2. The van der Waals surface area contributed by atoms with Crippen molar-refractivity contribution in [2.24, 2.45) is 5.92 Å². The molecule has 0 saturated heterocycles. The third kappa shape index (κ3) is 5.97. The first-order valence-corrected chi connectivity index (χ1v) is 12.7. The summed E-state index contributed by atoms with van der Waals surface area (Å²) in [6.45, 7) is 6.28. The number of carbonyl (C=O) groups excluding carboxylic acids is 2. The summed E-state index contributed by atoms with van der Waals surface area (Å²) in [4.78, 5) is 26.0. The number of hydrogen-bond donors (Lipinski definition) is 2. The Morgan fingerprint density at radius 1 is 1.06 bits per heavy atom. The monoisotopic (exact) mass is 494 g/mol. The molecule has 0 unspecified atom stereocenters. The highest BCUT2D eigenvalue weighted by Gasteiger charge is 2.27. The minimum absolute atomic E-state index is 0.0657. The summed E-state index contributed by atoms with van der Waals surface area (Å²) in [6.07, 6.45) is 3.96. The lowest BCUT2D eigenvalue weighted by Gasteiger charge is -2.23. The van der Waals surface area contributed by atoms with E-state index in [4.69, 9.17) is 9.47 Å². The minimum Gasteiger partial charge on any atom is -0.454 e. The topological polar surface area (TPSA) is 102 Å². The smallest absolute Gasteiger partial charge is 0.251 e. The molecule has 0 saturated carbocycles. The molecular formula is C26H30N4O4S. The van der Waals surface area contributed by atoms with Crippen LogP contribution in [0, 0.1) is 5.92 Å². The van der Waals surface area contributed by atoms with Gasteiger partial charge in [0.05, 0.1) is 0 Å². The van der Waals surface area contributed by atoms with Crippen LogP contribution < -0.4 is 20.1 Å². The lowest BCUT2D eigenvalue weighted by atomic mass is 9.97. The van der Waals surface area contributed by atoms with Gasteiger partial charge in [-0.2, -0.15) is 0 Å². The van der Waals surface area contributed by atoms with Crippen molar-refractivity contribution in [1.29, 1.82) is 0 Å². The predicted octanol–water partition coefficient (Wildman–Crippen LogP) is 5.06. The van der Waals surface area contributed by atoms with Gasteiger partial charge in [-0.3, -0.25) is 14.9 Å². The number of unbranched alkanes of at least 4 members (excludes halogenated alkanes) is 1. The van der Waals surface area contributed by atoms with Gasteiger partial charge in [0.25, 0.3) is 5.91 Å². The zero-order valence-corrected chi connectivity index (χ0v) is 21.0. The number of fused-ring (bicyclic) bond motifs is 1. The van der Waals surface area contributed by atoms with Gasteiger partial charge >= 0.3 is 0 Å². The van der Waals surface area contributed by atoms with E-state index in [1.807, 2.05) is 56.3 Å². The molecule has 2 atom stereocenters. The molecule has 0 aliphatic carbocycles. The Kier molecular flexibility index (Phi) is 7.97. The summed E-state index contributed by atoms with van der Waals surface area (Å²) in [7, 11) is 0. The lowest BCUT2D eigenvalue weighted by molar-refractivity contribution is -0.119. The second kappa shape index (κ2) is 11.3. The Hall–Kier alpha value is -3.46. The van der Waals surface area contributed by atoms with Crippen molar-refractivity contribution in [3.05, 3.63) is 53.6 Å². The molecule has 2 aromatic carbocycles. The Bertz CT molecular complexity index is 1180. The number of anilines is 1. The van der Waals surface area contributed by atoms with E-state index >= 15 is 0 Å². The second-order valence-electron chi connectivity index (χ2n) is 8.61. The Balaban J connectivity index is 1.42. The fourth-order valence-corrected chi connectivity index (χ4v) is 4.48. The number of amides is 2. The number of aryl methyl sites for hydroxylation is 1. The number of carbonyl (C=O) groups is 2. The molecule has 2 amide bonds. The van der Waals surface area contributed by atoms with E-state index in [0.717, 1.165) is 31.2 Å². The summed E-state index contributed by atoms with van der Waals surface area (Å²) >= 11 is 1.26. The van der Waals surface area contributed by atoms with Gasteiger partial charge < -0.3 is 14.8 Å². The molecule has 0 spiro atoms. The average molecular weight is 495 g/mol. The molecule has 3 aromatic rings. The predicted molar refractivity (Wildman–Crippen MR) is 136 cm³/mol. The van der Waals surface area contributed by atoms with Crippen molar-refractivity contribution in [3.8, 4) is 22.1 Å². The van der Waals surface area contributed by atoms with Crippen molar-refractivity contribution >= 4 is 28.3 Å². The molecule has 9 heteroatoms. The van der Waals surface area contributed by atoms with E-state index in [1.54, 1.807) is 0 Å². The van der Waals surface area contributed by atoms with Gasteiger partial charge in [-0.25, -0.2) is 0 Å². The first kappa shape index (κ1) is 24.7. The van der Waals surface area contributed by atoms with Crippen LogP contribution in [0.5, 0.6) is 11.5 Å². The minimum atomic E-state index is -0.704. The van der Waals surface area contributed by atoms with Crippen molar-refractivity contribution in [2.75, 3.05) is 12.1 Å². The molecule has 1 aromatic heterocycles. The van der Waals surface area contributed by atoms with Crippen LogP contribution in [0.3, 0.4) is 0 Å². The maximum absolute atomic E-state index is 13.1. The highest BCUT2D eigenvalue weighted by atomic mass is 32.1. The number of rotatable bonds is 10. The van der Waals surface area contributed by atoms with Crippen LogP contribution in [-0.2, 0) is 11.2 Å². The summed E-state index contributed by atoms with van der Waals surface area (Å²) in [5.74, 6) is 0.686. The van der Waals surface area contributed by atoms with Gasteiger partial charge in [-0.15, -0.1) is 10.2 Å². The molecule has 0 radical (unpaired) electrons. The van der Waals surface area contributed by atoms with Gasteiger partial charge in [0.15, 0.2) is 11.5 Å². The van der Waals surface area contributed by atoms with Gasteiger partial charge in [0.1, 0.15) is 11.0 Å². The molecule has 1 aliphatic heterocycles. The van der Waals surface area contributed by atoms with Crippen LogP contribution in [0.2, 0.25) is 0 Å². The highest BCUT2D eigenvalue weighted by molar-refractivity contribution is 7.18. The Morgan fingerprint density at radius 3 is 2.57 bits per heavy atom. The maximum atomic E-state index is 13.1. The van der Waals surface area contributed by atoms with Crippen molar-refractivity contribution < 1.29 is 19.1 Å². The SMILES string of the molecule is CCCCc1ccc(C(=O)N[C@H](C(=O)Nc2nnc(-c3ccc4c(c3)OCO4)s2)[C@@H](C)CC)cc1. The van der Waals surface area contributed by atoms with E-state index < -0.39 is 6.04 Å². The summed E-state index contributed by atoms with van der Waals surface area (Å²) < 4.78 is 10.8. The first-order chi connectivity index (χ1) is 17.0. The zero-order chi connectivity index (χ0) is 24.8. The first-order valence-electron chi connectivity index (χ1n) is 11.9. The van der Waals surface area contributed by atoms with Crippen LogP contribution in [0.1, 0.15) is 56.0 Å². The highest BCUT2D eigenvalue weighted by Crippen LogP contribution is 2.37. The molecule has 35 heavy (non-hydrogen) atoms. The number of hydrogen-bond acceptors (Lipinski definition) is 7. The van der Waals surface area contributed by atoms with Gasteiger partial charge in [0.2, 0.25) is 17.8 Å². The van der Waals surface area contributed by atoms with Crippen molar-refractivity contribution in [2.45, 2.75) is 52.5 Å². The number of nitrogens with zero attached hydrogens (tertiary/aromatic N) is 2. The largest absolute Gasteiger partial charge is 0.454 e. The molecule has 4 rings (SSSR count). The van der Waals surface area contributed by atoms with E-state index in [-0.39, 0.29) is 24.5 Å². The number of aromatic nitrogens is 2. The lowest BCUT2D eigenvalue weighted by Crippen LogP contribution is -2.47. The summed E-state index contributed by atoms with van der Waals surface area (Å²) in [5.41, 5.74) is 2.56. The van der Waals surface area contributed by atoms with E-state index in [9.17, 15) is 9.59 Å². The van der Waals surface area contributed by atoms with Crippen LogP contribution in [0.4, 0.5) is 5.13 Å². The Labute approximate surface area is 209 Å². The molecule has 184 valence electrons. The molecule has 0 bridgehead atoms. The molecule has 0 fully saturated rings. The third-order valence-corrected chi connectivity index (χ3v) is 6.98. The molecular weight excluding hydrogens is 464 g/mol. The van der Waals surface area contributed by atoms with Gasteiger partial charge in [-0.05, 0) is 54.7 Å². The molecule has 2 heterocycles. The summed E-state index contributed by atoms with van der Waals surface area (Å²) in [6, 6.07) is 12.4. The second-order valence-corrected chi connectivity index (χ2v) is 9.58. The van der Waals surface area contributed by atoms with E-state index in [0.29, 0.717) is 27.2 Å². The van der Waals surface area contributed by atoms with Crippen molar-refractivity contribution in [3.63, 3.8) is 0 Å². The van der Waals surface area contributed by atoms with Gasteiger partial charge in [-0.1, -0.05) is 57.1 Å². The maximum Gasteiger partial charge on any atom is 0.251 e. The van der Waals surface area contributed by atoms with Crippen LogP contribution in [-0.4, -0.2) is 34.8 Å². The zero-order valence-electron chi connectivity index (χ0n) is 20.2. The average Bonchev–Trinajstić information content (AvgIpc) is 3.54. The fourth-order valence-electron chi connectivity index (χ4n) is 3.73. The molecule has 1 aliphatic rings. The molecule has 2 N–H and O–H groups in total. The Morgan fingerprint density at radius 2 is 1.83 bits per heavy atom. The fraction of sp³-hybridized carbons (Fsp3) is 0.385. The summed E-state index contributed by atoms with van der Waals surface area (Å²) in [5, 5.41) is 15.1. The molecule has 8 nitrogen and oxygen atoms in total. The third-order valence-electron chi connectivity index (χ3n) is 6.09. The number of benzene rings is 2. The quantitative estimate of drug-likeness (QED) is 0.408. The van der Waals surface area contributed by atoms with E-state index in [2.05, 4.69) is 27.8 Å².